The summed E-state index contributed by atoms with van der Waals surface area (Å²) in [6.45, 7) is 14.0. The van der Waals surface area contributed by atoms with E-state index in [2.05, 4.69) is 33.9 Å². The topological polar surface area (TPSA) is 85.2 Å². The molecule has 158 valence electrons. The maximum Gasteiger partial charge on any atom is 0.302 e. The van der Waals surface area contributed by atoms with Gasteiger partial charge >= 0.3 is 5.97 Å². The van der Waals surface area contributed by atoms with Gasteiger partial charge in [0.15, 0.2) is 0 Å². The number of rotatable bonds is 5. The Labute approximate surface area is 168 Å². The predicted molar refractivity (Wildman–Crippen MR) is 110 cm³/mol. The molecule has 1 aliphatic rings. The Morgan fingerprint density at radius 1 is 1.21 bits per heavy atom. The van der Waals surface area contributed by atoms with Crippen LogP contribution in [0, 0.1) is 5.92 Å². The van der Waals surface area contributed by atoms with Crippen LogP contribution in [0.15, 0.2) is 24.3 Å². The highest BCUT2D eigenvalue weighted by Gasteiger charge is 2.43. The van der Waals surface area contributed by atoms with E-state index in [0.717, 1.165) is 11.3 Å². The van der Waals surface area contributed by atoms with Crippen LogP contribution in [-0.4, -0.2) is 49.4 Å². The predicted octanol–water partition coefficient (Wildman–Crippen LogP) is 3.43. The maximum absolute atomic E-state index is 11.1. The molecular formula is C21H34O6Si. The number of aliphatic hydroxyl groups is 2. The minimum atomic E-state index is -2.01. The van der Waals surface area contributed by atoms with Gasteiger partial charge in [-0.25, -0.2) is 0 Å². The number of carbonyl (C=O) groups is 1. The smallest absolute Gasteiger partial charge is 0.302 e. The Morgan fingerprint density at radius 3 is 2.43 bits per heavy atom. The largest absolute Gasteiger partial charge is 0.543 e. The zero-order chi connectivity index (χ0) is 21.3. The number of aliphatic hydroxyl groups excluding tert-OH is 2. The van der Waals surface area contributed by atoms with Crippen LogP contribution >= 0.6 is 0 Å². The molecule has 7 heteroatoms. The van der Waals surface area contributed by atoms with E-state index in [1.807, 2.05) is 24.3 Å². The quantitative estimate of drug-likeness (QED) is 0.571. The lowest BCUT2D eigenvalue weighted by Crippen LogP contribution is -2.51. The van der Waals surface area contributed by atoms with Gasteiger partial charge in [-0.1, -0.05) is 39.8 Å². The third kappa shape index (κ3) is 5.14. The highest BCUT2D eigenvalue weighted by molar-refractivity contribution is 6.74. The van der Waals surface area contributed by atoms with Crippen LogP contribution in [0.1, 0.15) is 46.3 Å². The summed E-state index contributed by atoms with van der Waals surface area (Å²) < 4.78 is 17.5. The van der Waals surface area contributed by atoms with Crippen LogP contribution in [0.3, 0.4) is 0 Å². The van der Waals surface area contributed by atoms with Gasteiger partial charge in [0.1, 0.15) is 24.6 Å². The monoisotopic (exact) mass is 410 g/mol. The molecule has 1 aliphatic heterocycles. The van der Waals surface area contributed by atoms with Crippen molar-refractivity contribution in [3.63, 3.8) is 0 Å². The van der Waals surface area contributed by atoms with E-state index in [4.69, 9.17) is 13.9 Å². The fourth-order valence-electron chi connectivity index (χ4n) is 2.97. The summed E-state index contributed by atoms with van der Waals surface area (Å²) in [5.41, 5.74) is 0.725. The summed E-state index contributed by atoms with van der Waals surface area (Å²) in [5, 5.41) is 21.1. The molecule has 0 radical (unpaired) electrons. The Hall–Kier alpha value is -1.41. The summed E-state index contributed by atoms with van der Waals surface area (Å²) in [7, 11) is -2.01. The molecule has 0 amide bonds. The fraction of sp³-hybridized carbons (Fsp3) is 0.667. The molecule has 1 aromatic carbocycles. The van der Waals surface area contributed by atoms with E-state index in [0.29, 0.717) is 0 Å². The third-order valence-corrected chi connectivity index (χ3v) is 10.3. The van der Waals surface area contributed by atoms with Crippen molar-refractivity contribution in [3.8, 4) is 5.75 Å². The molecule has 0 saturated carbocycles. The van der Waals surface area contributed by atoms with Gasteiger partial charge in [0.05, 0.1) is 12.2 Å². The standard InChI is InChI=1S/C21H34O6Si/c1-13-17(12-25-14(2)22)26-20(19(24)18(13)23)15-9-8-10-16(11-15)27-28(6,7)21(3,4)5/h8-11,13,17-20,23-24H,12H2,1-7H3/t13-,17-,18+,19+,20-/m1/s1. The van der Waals surface area contributed by atoms with Gasteiger partial charge in [-0.3, -0.25) is 4.79 Å². The number of hydrogen-bond acceptors (Lipinski definition) is 6. The Morgan fingerprint density at radius 2 is 1.86 bits per heavy atom. The third-order valence-electron chi connectivity index (χ3n) is 5.92. The van der Waals surface area contributed by atoms with Crippen LogP contribution < -0.4 is 4.43 Å². The molecule has 0 spiro atoms. The van der Waals surface area contributed by atoms with Crippen LogP contribution in [0.4, 0.5) is 0 Å². The first kappa shape index (κ1) is 22.9. The first-order valence-corrected chi connectivity index (χ1v) is 12.7. The van der Waals surface area contributed by atoms with Crippen molar-refractivity contribution in [3.05, 3.63) is 29.8 Å². The molecule has 6 nitrogen and oxygen atoms in total. The summed E-state index contributed by atoms with van der Waals surface area (Å²) in [4.78, 5) is 11.1. The van der Waals surface area contributed by atoms with Crippen molar-refractivity contribution in [2.24, 2.45) is 5.92 Å². The number of esters is 1. The number of carbonyl (C=O) groups excluding carboxylic acids is 1. The normalized spacial score (nSPS) is 28.7. The maximum atomic E-state index is 11.1. The molecule has 0 bridgehead atoms. The van der Waals surface area contributed by atoms with Gasteiger partial charge in [0, 0.05) is 12.8 Å². The van der Waals surface area contributed by atoms with Crippen molar-refractivity contribution in [2.75, 3.05) is 6.61 Å². The summed E-state index contributed by atoms with van der Waals surface area (Å²) in [5.74, 6) is -0.0421. The molecule has 5 atom stereocenters. The van der Waals surface area contributed by atoms with Crippen LogP contribution in [0.5, 0.6) is 5.75 Å². The zero-order valence-electron chi connectivity index (χ0n) is 17.9. The van der Waals surface area contributed by atoms with E-state index < -0.39 is 38.7 Å². The molecule has 0 aliphatic carbocycles. The molecule has 1 saturated heterocycles. The van der Waals surface area contributed by atoms with Gasteiger partial charge in [-0.15, -0.1) is 0 Å². The Balaban J connectivity index is 2.24. The van der Waals surface area contributed by atoms with E-state index >= 15 is 0 Å². The lowest BCUT2D eigenvalue weighted by molar-refractivity contribution is -0.211. The molecule has 0 unspecified atom stereocenters. The summed E-state index contributed by atoms with van der Waals surface area (Å²) in [6, 6.07) is 7.46. The van der Waals surface area contributed by atoms with Crippen LogP contribution in [0.2, 0.25) is 18.1 Å². The lowest BCUT2D eigenvalue weighted by atomic mass is 9.86. The molecule has 28 heavy (non-hydrogen) atoms. The van der Waals surface area contributed by atoms with Gasteiger partial charge in [0.25, 0.3) is 0 Å². The van der Waals surface area contributed by atoms with E-state index in [1.165, 1.54) is 6.92 Å². The second-order valence-corrected chi connectivity index (χ2v) is 13.9. The molecule has 0 aromatic heterocycles. The van der Waals surface area contributed by atoms with E-state index in [1.54, 1.807) is 6.92 Å². The van der Waals surface area contributed by atoms with Crippen molar-refractivity contribution >= 4 is 14.3 Å². The van der Waals surface area contributed by atoms with Crippen LogP contribution in [0.25, 0.3) is 0 Å². The van der Waals surface area contributed by atoms with Gasteiger partial charge in [-0.05, 0) is 35.8 Å². The van der Waals surface area contributed by atoms with Crippen molar-refractivity contribution < 1.29 is 28.9 Å². The highest BCUT2D eigenvalue weighted by atomic mass is 28.4. The molecule has 1 heterocycles. The van der Waals surface area contributed by atoms with Gasteiger partial charge in [-0.2, -0.15) is 0 Å². The van der Waals surface area contributed by atoms with Gasteiger partial charge < -0.3 is 24.1 Å². The SMILES string of the molecule is CC(=O)OC[C@H]1O[C@H](c2cccc(O[Si](C)(C)C(C)(C)C)c2)[C@@H](O)[C@@H](O)[C@@H]1C. The zero-order valence-corrected chi connectivity index (χ0v) is 18.9. The molecule has 2 rings (SSSR count). The lowest BCUT2D eigenvalue weighted by Gasteiger charge is -2.42. The molecular weight excluding hydrogens is 376 g/mol. The average molecular weight is 411 g/mol. The molecule has 2 N–H and O–H groups in total. The first-order chi connectivity index (χ1) is 12.8. The summed E-state index contributed by atoms with van der Waals surface area (Å²) in [6.07, 6.45) is -3.29. The minimum absolute atomic E-state index is 0.0386. The van der Waals surface area contributed by atoms with E-state index in [9.17, 15) is 15.0 Å². The Kier molecular flexibility index (Phi) is 6.97. The first-order valence-electron chi connectivity index (χ1n) is 9.77. The van der Waals surface area contributed by atoms with Crippen LogP contribution in [-0.2, 0) is 14.3 Å². The minimum Gasteiger partial charge on any atom is -0.543 e. The van der Waals surface area contributed by atoms with Crippen molar-refractivity contribution in [2.45, 2.75) is 77.2 Å². The number of ether oxygens (including phenoxy) is 2. The van der Waals surface area contributed by atoms with Gasteiger partial charge in [0.2, 0.25) is 8.32 Å². The molecule has 1 fully saturated rings. The molecule has 1 aromatic rings. The van der Waals surface area contributed by atoms with Crippen molar-refractivity contribution in [1.82, 2.24) is 0 Å². The van der Waals surface area contributed by atoms with E-state index in [-0.39, 0.29) is 17.6 Å². The second kappa shape index (κ2) is 8.53. The average Bonchev–Trinajstić information content (AvgIpc) is 2.58. The fourth-order valence-corrected chi connectivity index (χ4v) is 3.99. The number of benzene rings is 1. The van der Waals surface area contributed by atoms with Crippen molar-refractivity contribution in [1.29, 1.82) is 0 Å². The highest BCUT2D eigenvalue weighted by Crippen LogP contribution is 2.39. The Bertz CT molecular complexity index is 684. The number of hydrogen-bond donors (Lipinski definition) is 2. The second-order valence-electron chi connectivity index (χ2n) is 9.17. The summed E-state index contributed by atoms with van der Waals surface area (Å²) >= 11 is 0.